The van der Waals surface area contributed by atoms with Crippen molar-refractivity contribution in [1.29, 1.82) is 0 Å². The van der Waals surface area contributed by atoms with Gasteiger partial charge in [0.25, 0.3) is 0 Å². The number of benzene rings is 1. The van der Waals surface area contributed by atoms with Crippen molar-refractivity contribution in [2.75, 3.05) is 6.79 Å². The number of carboxylic acid groups (broad SMARTS) is 1. The molecule has 1 aromatic rings. The van der Waals surface area contributed by atoms with Crippen LogP contribution in [-0.4, -0.2) is 23.8 Å². The molecule has 19 heavy (non-hydrogen) atoms. The number of ether oxygens (including phenoxy) is 2. The number of fused-ring (bicyclic) bond motifs is 1. The first-order valence-electron chi connectivity index (χ1n) is 5.64. The Balaban J connectivity index is 1.94. The lowest BCUT2D eigenvalue weighted by molar-refractivity contribution is -0.133. The maximum atomic E-state index is 11.5. The number of rotatable bonds is 4. The van der Waals surface area contributed by atoms with E-state index >= 15 is 0 Å². The van der Waals surface area contributed by atoms with Gasteiger partial charge in [0, 0.05) is 18.2 Å². The number of amides is 1. The van der Waals surface area contributed by atoms with E-state index in [1.54, 1.807) is 12.1 Å². The van der Waals surface area contributed by atoms with E-state index in [-0.39, 0.29) is 12.4 Å². The van der Waals surface area contributed by atoms with Crippen molar-refractivity contribution in [3.05, 3.63) is 35.4 Å². The molecule has 0 aromatic heterocycles. The maximum absolute atomic E-state index is 11.5. The first-order valence-corrected chi connectivity index (χ1v) is 5.64. The molecule has 1 amide bonds. The van der Waals surface area contributed by atoms with E-state index in [1.165, 1.54) is 6.92 Å². The lowest BCUT2D eigenvalue weighted by Crippen LogP contribution is -2.21. The van der Waals surface area contributed by atoms with Crippen molar-refractivity contribution < 1.29 is 24.2 Å². The molecule has 0 saturated carbocycles. The molecule has 1 aromatic carbocycles. The van der Waals surface area contributed by atoms with Crippen LogP contribution in [0.5, 0.6) is 11.5 Å². The maximum Gasteiger partial charge on any atom is 0.331 e. The van der Waals surface area contributed by atoms with E-state index in [0.717, 1.165) is 11.6 Å². The summed E-state index contributed by atoms with van der Waals surface area (Å²) < 4.78 is 10.4. The summed E-state index contributed by atoms with van der Waals surface area (Å²) in [6.45, 7) is 1.85. The van der Waals surface area contributed by atoms with Gasteiger partial charge in [-0.1, -0.05) is 6.07 Å². The van der Waals surface area contributed by atoms with Gasteiger partial charge < -0.3 is 19.9 Å². The van der Waals surface area contributed by atoms with Crippen molar-refractivity contribution in [3.8, 4) is 11.5 Å². The third-order valence-electron chi connectivity index (χ3n) is 2.59. The summed E-state index contributed by atoms with van der Waals surface area (Å²) in [6, 6.07) is 5.35. The molecule has 1 aliphatic rings. The summed E-state index contributed by atoms with van der Waals surface area (Å²) in [5.41, 5.74) is 0.835. The van der Waals surface area contributed by atoms with Crippen LogP contribution in [0.25, 0.3) is 0 Å². The highest BCUT2D eigenvalue weighted by atomic mass is 16.7. The zero-order valence-electron chi connectivity index (χ0n) is 10.3. The second-order valence-corrected chi connectivity index (χ2v) is 4.04. The largest absolute Gasteiger partial charge is 0.478 e. The topological polar surface area (TPSA) is 84.9 Å². The van der Waals surface area contributed by atoms with Gasteiger partial charge in [-0.05, 0) is 24.6 Å². The molecule has 0 atom stereocenters. The summed E-state index contributed by atoms with van der Waals surface area (Å²) in [4.78, 5) is 22.0. The molecule has 0 radical (unpaired) electrons. The highest BCUT2D eigenvalue weighted by molar-refractivity contribution is 5.97. The van der Waals surface area contributed by atoms with Crippen molar-refractivity contribution in [1.82, 2.24) is 5.32 Å². The monoisotopic (exact) mass is 263 g/mol. The van der Waals surface area contributed by atoms with E-state index in [4.69, 9.17) is 14.6 Å². The Hall–Kier alpha value is -2.50. The molecule has 100 valence electrons. The molecular weight excluding hydrogens is 250 g/mol. The standard InChI is InChI=1S/C13H13NO5/c1-8(13(16)17)4-12(15)14-6-9-2-3-10-11(5-9)19-7-18-10/h2-5H,6-7H2,1H3,(H,14,15)(H,16,17)/b8-4+. The number of carbonyl (C=O) groups excluding carboxylic acids is 1. The van der Waals surface area contributed by atoms with Gasteiger partial charge in [-0.25, -0.2) is 4.79 Å². The summed E-state index contributed by atoms with van der Waals surface area (Å²) >= 11 is 0. The normalized spacial score (nSPS) is 13.2. The molecule has 2 rings (SSSR count). The third kappa shape index (κ3) is 3.25. The minimum absolute atomic E-state index is 0.0109. The smallest absolute Gasteiger partial charge is 0.331 e. The second-order valence-electron chi connectivity index (χ2n) is 4.04. The Kier molecular flexibility index (Phi) is 3.70. The fourth-order valence-corrected chi connectivity index (χ4v) is 1.55. The van der Waals surface area contributed by atoms with Gasteiger partial charge in [0.1, 0.15) is 0 Å². The van der Waals surface area contributed by atoms with Crippen LogP contribution in [-0.2, 0) is 16.1 Å². The molecule has 0 saturated heterocycles. The van der Waals surface area contributed by atoms with Crippen LogP contribution < -0.4 is 14.8 Å². The Labute approximate surface area is 109 Å². The summed E-state index contributed by atoms with van der Waals surface area (Å²) in [7, 11) is 0. The molecule has 1 heterocycles. The Bertz CT molecular complexity index is 550. The van der Waals surface area contributed by atoms with Gasteiger partial charge in [-0.15, -0.1) is 0 Å². The van der Waals surface area contributed by atoms with Gasteiger partial charge in [-0.2, -0.15) is 0 Å². The molecule has 0 fully saturated rings. The van der Waals surface area contributed by atoms with Crippen LogP contribution in [0.3, 0.4) is 0 Å². The zero-order valence-corrected chi connectivity index (χ0v) is 10.3. The van der Waals surface area contributed by atoms with Crippen LogP contribution in [0, 0.1) is 0 Å². The number of nitrogens with one attached hydrogen (secondary N) is 1. The first kappa shape index (κ1) is 12.9. The molecule has 0 spiro atoms. The number of aliphatic carboxylic acids is 1. The highest BCUT2D eigenvalue weighted by Crippen LogP contribution is 2.32. The minimum Gasteiger partial charge on any atom is -0.478 e. The lowest BCUT2D eigenvalue weighted by atomic mass is 10.2. The molecular formula is C13H13NO5. The Morgan fingerprint density at radius 3 is 2.84 bits per heavy atom. The second kappa shape index (κ2) is 5.43. The SMILES string of the molecule is C/C(=C\C(=O)NCc1ccc2c(c1)OCO2)C(=O)O. The summed E-state index contributed by atoms with van der Waals surface area (Å²) in [5.74, 6) is -0.239. The van der Waals surface area contributed by atoms with Gasteiger partial charge in [0.15, 0.2) is 11.5 Å². The van der Waals surface area contributed by atoms with E-state index in [0.29, 0.717) is 18.0 Å². The minimum atomic E-state index is -1.11. The number of hydrogen-bond donors (Lipinski definition) is 2. The van der Waals surface area contributed by atoms with E-state index in [9.17, 15) is 9.59 Å². The Morgan fingerprint density at radius 1 is 1.37 bits per heavy atom. The fourth-order valence-electron chi connectivity index (χ4n) is 1.55. The summed E-state index contributed by atoms with van der Waals surface area (Å²) in [6.07, 6.45) is 1.05. The van der Waals surface area contributed by atoms with Gasteiger partial charge in [-0.3, -0.25) is 4.79 Å². The van der Waals surface area contributed by atoms with Crippen LogP contribution in [0.15, 0.2) is 29.8 Å². The molecule has 0 aliphatic carbocycles. The van der Waals surface area contributed by atoms with Gasteiger partial charge in [0.05, 0.1) is 0 Å². The van der Waals surface area contributed by atoms with Gasteiger partial charge in [0.2, 0.25) is 12.7 Å². The quantitative estimate of drug-likeness (QED) is 0.793. The highest BCUT2D eigenvalue weighted by Gasteiger charge is 2.13. The third-order valence-corrected chi connectivity index (χ3v) is 2.59. The average molecular weight is 263 g/mol. The van der Waals surface area contributed by atoms with Crippen molar-refractivity contribution in [2.24, 2.45) is 0 Å². The molecule has 2 N–H and O–H groups in total. The average Bonchev–Trinajstić information content (AvgIpc) is 2.83. The van der Waals surface area contributed by atoms with Crippen LogP contribution >= 0.6 is 0 Å². The van der Waals surface area contributed by atoms with Crippen LogP contribution in [0.1, 0.15) is 12.5 Å². The van der Waals surface area contributed by atoms with E-state index in [1.807, 2.05) is 6.07 Å². The molecule has 1 aliphatic heterocycles. The summed E-state index contributed by atoms with van der Waals surface area (Å²) in [5, 5.41) is 11.2. The molecule has 6 nitrogen and oxygen atoms in total. The number of carboxylic acids is 1. The van der Waals surface area contributed by atoms with Crippen LogP contribution in [0.4, 0.5) is 0 Å². The molecule has 0 bridgehead atoms. The van der Waals surface area contributed by atoms with E-state index in [2.05, 4.69) is 5.32 Å². The fraction of sp³-hybridized carbons (Fsp3) is 0.231. The predicted molar refractivity (Wildman–Crippen MR) is 65.8 cm³/mol. The van der Waals surface area contributed by atoms with Crippen molar-refractivity contribution in [3.63, 3.8) is 0 Å². The zero-order chi connectivity index (χ0) is 13.8. The lowest BCUT2D eigenvalue weighted by Gasteiger charge is -2.04. The van der Waals surface area contributed by atoms with E-state index < -0.39 is 11.9 Å². The molecule has 0 unspecified atom stereocenters. The number of hydrogen-bond acceptors (Lipinski definition) is 4. The first-order chi connectivity index (χ1) is 9.06. The molecule has 6 heteroatoms. The Morgan fingerprint density at radius 2 is 2.11 bits per heavy atom. The van der Waals surface area contributed by atoms with Gasteiger partial charge >= 0.3 is 5.97 Å². The predicted octanol–water partition coefficient (Wildman–Crippen LogP) is 1.06. The van der Waals surface area contributed by atoms with Crippen LogP contribution in [0.2, 0.25) is 0 Å². The number of carbonyl (C=O) groups is 2. The van der Waals surface area contributed by atoms with Crippen molar-refractivity contribution >= 4 is 11.9 Å². The van der Waals surface area contributed by atoms with Crippen molar-refractivity contribution in [2.45, 2.75) is 13.5 Å².